The molecule has 0 radical (unpaired) electrons. The van der Waals surface area contributed by atoms with Gasteiger partial charge in [0, 0.05) is 10.5 Å². The van der Waals surface area contributed by atoms with E-state index in [-0.39, 0.29) is 0 Å². The van der Waals surface area contributed by atoms with Gasteiger partial charge in [-0.25, -0.2) is 0 Å². The fourth-order valence-electron chi connectivity index (χ4n) is 2.32. The molecule has 0 unspecified atom stereocenters. The van der Waals surface area contributed by atoms with Crippen molar-refractivity contribution in [3.05, 3.63) is 0 Å². The molecule has 64 valence electrons. The topological polar surface area (TPSA) is 0 Å². The highest BCUT2D eigenvalue weighted by Crippen LogP contribution is 2.38. The molecule has 0 nitrogen and oxygen atoms in total. The molecule has 0 bridgehead atoms. The second-order valence-electron chi connectivity index (χ2n) is 3.95. The van der Waals surface area contributed by atoms with Gasteiger partial charge in [0.05, 0.1) is 0 Å². The van der Waals surface area contributed by atoms with Gasteiger partial charge in [-0.15, -0.1) is 0 Å². The van der Waals surface area contributed by atoms with Crippen molar-refractivity contribution in [3.63, 3.8) is 0 Å². The highest BCUT2D eigenvalue weighted by molar-refractivity contribution is 8.00. The molecule has 2 aliphatic carbocycles. The molecule has 0 heterocycles. The molecule has 11 heavy (non-hydrogen) atoms. The normalized spacial score (nSPS) is 28.4. The van der Waals surface area contributed by atoms with Crippen molar-refractivity contribution in [2.24, 2.45) is 0 Å². The zero-order chi connectivity index (χ0) is 7.52. The highest BCUT2D eigenvalue weighted by Gasteiger charge is 2.22. The number of hydrogen-bond donors (Lipinski definition) is 0. The van der Waals surface area contributed by atoms with Gasteiger partial charge < -0.3 is 0 Å². The minimum atomic E-state index is 1.05. The van der Waals surface area contributed by atoms with Crippen molar-refractivity contribution in [3.8, 4) is 0 Å². The lowest BCUT2D eigenvalue weighted by atomic mass is 10.4. The lowest BCUT2D eigenvalue weighted by Gasteiger charge is -2.13. The van der Waals surface area contributed by atoms with Gasteiger partial charge in [0.15, 0.2) is 0 Å². The van der Waals surface area contributed by atoms with Crippen LogP contribution in [-0.4, -0.2) is 10.5 Å². The minimum Gasteiger partial charge on any atom is -0.155 e. The molecular weight excluding hydrogens is 152 g/mol. The van der Waals surface area contributed by atoms with Crippen LogP contribution in [0.15, 0.2) is 0 Å². The van der Waals surface area contributed by atoms with E-state index in [1.54, 1.807) is 0 Å². The van der Waals surface area contributed by atoms with Gasteiger partial charge in [-0.2, -0.15) is 11.8 Å². The Labute approximate surface area is 74.1 Å². The van der Waals surface area contributed by atoms with Crippen LogP contribution in [0.3, 0.4) is 0 Å². The Balaban J connectivity index is 1.71. The van der Waals surface area contributed by atoms with E-state index < -0.39 is 0 Å². The Hall–Kier alpha value is 0.350. The molecule has 0 aromatic heterocycles. The highest BCUT2D eigenvalue weighted by atomic mass is 32.2. The van der Waals surface area contributed by atoms with Crippen LogP contribution >= 0.6 is 11.8 Å². The summed E-state index contributed by atoms with van der Waals surface area (Å²) in [6.45, 7) is 0. The van der Waals surface area contributed by atoms with Gasteiger partial charge in [0.1, 0.15) is 0 Å². The van der Waals surface area contributed by atoms with Crippen molar-refractivity contribution in [1.29, 1.82) is 0 Å². The molecule has 0 amide bonds. The monoisotopic (exact) mass is 170 g/mol. The summed E-state index contributed by atoms with van der Waals surface area (Å²) in [4.78, 5) is 0. The van der Waals surface area contributed by atoms with E-state index in [1.165, 1.54) is 51.4 Å². The largest absolute Gasteiger partial charge is 0.155 e. The van der Waals surface area contributed by atoms with Gasteiger partial charge in [0.25, 0.3) is 0 Å². The Bertz CT molecular complexity index is 96.0. The third-order valence-electron chi connectivity index (χ3n) is 2.99. The summed E-state index contributed by atoms with van der Waals surface area (Å²) in [6.07, 6.45) is 12.1. The fraction of sp³-hybridized carbons (Fsp3) is 1.00. The van der Waals surface area contributed by atoms with Crippen molar-refractivity contribution < 1.29 is 0 Å². The zero-order valence-corrected chi connectivity index (χ0v) is 8.04. The molecule has 0 spiro atoms. The first kappa shape index (κ1) is 7.97. The average Bonchev–Trinajstić information content (AvgIpc) is 2.60. The molecule has 0 atom stereocenters. The molecule has 2 fully saturated rings. The lowest BCUT2D eigenvalue weighted by Crippen LogP contribution is -2.03. The summed E-state index contributed by atoms with van der Waals surface area (Å²) in [6, 6.07) is 0. The van der Waals surface area contributed by atoms with Crippen molar-refractivity contribution in [2.45, 2.75) is 61.9 Å². The Morgan fingerprint density at radius 3 is 1.36 bits per heavy atom. The molecule has 1 heteroatoms. The Morgan fingerprint density at radius 2 is 1.00 bits per heavy atom. The van der Waals surface area contributed by atoms with Crippen LogP contribution < -0.4 is 0 Å². The van der Waals surface area contributed by atoms with Gasteiger partial charge in [0.2, 0.25) is 0 Å². The molecule has 2 rings (SSSR count). The fourth-order valence-corrected chi connectivity index (χ4v) is 4.08. The summed E-state index contributed by atoms with van der Waals surface area (Å²) in [5, 5.41) is 2.11. The summed E-state index contributed by atoms with van der Waals surface area (Å²) in [7, 11) is 0. The van der Waals surface area contributed by atoms with Crippen LogP contribution in [0.1, 0.15) is 51.4 Å². The average molecular weight is 170 g/mol. The van der Waals surface area contributed by atoms with Crippen LogP contribution in [0.5, 0.6) is 0 Å². The predicted octanol–water partition coefficient (Wildman–Crippen LogP) is 3.60. The third kappa shape index (κ3) is 2.14. The Morgan fingerprint density at radius 1 is 0.636 bits per heavy atom. The summed E-state index contributed by atoms with van der Waals surface area (Å²) >= 11 is 2.31. The summed E-state index contributed by atoms with van der Waals surface area (Å²) in [5.74, 6) is 0. The van der Waals surface area contributed by atoms with Gasteiger partial charge >= 0.3 is 0 Å². The maximum absolute atomic E-state index is 2.31. The predicted molar refractivity (Wildman–Crippen MR) is 52.1 cm³/mol. The van der Waals surface area contributed by atoms with E-state index in [4.69, 9.17) is 0 Å². The molecule has 0 N–H and O–H groups in total. The van der Waals surface area contributed by atoms with Gasteiger partial charge in [-0.05, 0) is 25.7 Å². The second-order valence-corrected chi connectivity index (χ2v) is 5.55. The number of hydrogen-bond acceptors (Lipinski definition) is 1. The maximum Gasteiger partial charge on any atom is 0.00498 e. The number of thioether (sulfide) groups is 1. The quantitative estimate of drug-likeness (QED) is 0.610. The zero-order valence-electron chi connectivity index (χ0n) is 7.22. The molecule has 2 aliphatic rings. The number of rotatable bonds is 2. The van der Waals surface area contributed by atoms with Crippen molar-refractivity contribution >= 4 is 11.8 Å². The van der Waals surface area contributed by atoms with E-state index in [1.807, 2.05) is 0 Å². The van der Waals surface area contributed by atoms with E-state index in [0.29, 0.717) is 0 Å². The second kappa shape index (κ2) is 3.84. The van der Waals surface area contributed by atoms with Crippen LogP contribution in [0.25, 0.3) is 0 Å². The third-order valence-corrected chi connectivity index (χ3v) is 4.70. The standard InChI is InChI=1S/C10H18S/c1-2-6-9(5-1)11-10-7-3-4-8-10/h9-10H,1-8H2. The van der Waals surface area contributed by atoms with Crippen LogP contribution in [0, 0.1) is 0 Å². The van der Waals surface area contributed by atoms with E-state index in [0.717, 1.165) is 10.5 Å². The summed E-state index contributed by atoms with van der Waals surface area (Å²) in [5.41, 5.74) is 0. The molecule has 0 saturated heterocycles. The van der Waals surface area contributed by atoms with E-state index in [9.17, 15) is 0 Å². The summed E-state index contributed by atoms with van der Waals surface area (Å²) < 4.78 is 0. The lowest BCUT2D eigenvalue weighted by molar-refractivity contribution is 0.858. The van der Waals surface area contributed by atoms with Gasteiger partial charge in [-0.1, -0.05) is 25.7 Å². The SMILES string of the molecule is C1CCC(SC2CCCC2)C1. The maximum atomic E-state index is 2.31. The first-order valence-electron chi connectivity index (χ1n) is 5.10. The molecule has 0 aromatic carbocycles. The molecule has 2 saturated carbocycles. The van der Waals surface area contributed by atoms with Crippen LogP contribution in [-0.2, 0) is 0 Å². The first-order valence-corrected chi connectivity index (χ1v) is 6.05. The van der Waals surface area contributed by atoms with Crippen molar-refractivity contribution in [2.75, 3.05) is 0 Å². The van der Waals surface area contributed by atoms with Crippen LogP contribution in [0.4, 0.5) is 0 Å². The molecular formula is C10H18S. The van der Waals surface area contributed by atoms with Gasteiger partial charge in [-0.3, -0.25) is 0 Å². The van der Waals surface area contributed by atoms with E-state index in [2.05, 4.69) is 11.8 Å². The van der Waals surface area contributed by atoms with E-state index >= 15 is 0 Å². The first-order chi connectivity index (χ1) is 5.45. The molecule has 0 aromatic rings. The molecule has 0 aliphatic heterocycles. The van der Waals surface area contributed by atoms with Crippen molar-refractivity contribution in [1.82, 2.24) is 0 Å². The van der Waals surface area contributed by atoms with Crippen LogP contribution in [0.2, 0.25) is 0 Å². The minimum absolute atomic E-state index is 1.05. The smallest absolute Gasteiger partial charge is 0.00498 e. The Kier molecular flexibility index (Phi) is 2.78.